The van der Waals surface area contributed by atoms with Crippen molar-refractivity contribution in [1.29, 1.82) is 5.26 Å². The van der Waals surface area contributed by atoms with Crippen LogP contribution < -0.4 is 11.2 Å². The maximum atomic E-state index is 14.3. The minimum absolute atomic E-state index is 0.105. The lowest BCUT2D eigenvalue weighted by atomic mass is 9.87. The Labute approximate surface area is 288 Å². The van der Waals surface area contributed by atoms with E-state index in [-0.39, 0.29) is 24.5 Å². The molecule has 2 aliphatic heterocycles. The van der Waals surface area contributed by atoms with Crippen molar-refractivity contribution in [3.05, 3.63) is 45.0 Å². The summed E-state index contributed by atoms with van der Waals surface area (Å²) >= 11 is 0. The Morgan fingerprint density at radius 3 is 2.45 bits per heavy atom. The third kappa shape index (κ3) is 10.4. The third-order valence-corrected chi connectivity index (χ3v) is 11.0. The Kier molecular flexibility index (Phi) is 14.1. The van der Waals surface area contributed by atoms with E-state index in [4.69, 9.17) is 42.3 Å². The highest BCUT2D eigenvalue weighted by Gasteiger charge is 2.65. The first-order valence-electron chi connectivity index (χ1n) is 15.9. The highest BCUT2D eigenvalue weighted by molar-refractivity contribution is 7.57. The summed E-state index contributed by atoms with van der Waals surface area (Å²) in [7, 11) is -4.58. The van der Waals surface area contributed by atoms with E-state index >= 15 is 0 Å². The SMILES string of the molecule is COC1C2OP(OCCC#N)N(C(C)C)C(C)[C@]2(/C=C/P(=O)(OCOCC(C)(C)C)OCOC(=O)C(C)(C)C)O[C@H]1n1ccc(=O)[nH]c1=O. The van der Waals surface area contributed by atoms with Crippen LogP contribution in [0.25, 0.3) is 0 Å². The van der Waals surface area contributed by atoms with Gasteiger partial charge in [0.1, 0.15) is 17.8 Å². The van der Waals surface area contributed by atoms with E-state index in [0.717, 1.165) is 0 Å². The van der Waals surface area contributed by atoms with Crippen molar-refractivity contribution in [2.45, 2.75) is 105 Å². The number of nitriles is 1. The van der Waals surface area contributed by atoms with Crippen LogP contribution in [0.3, 0.4) is 0 Å². The lowest BCUT2D eigenvalue weighted by Crippen LogP contribution is -2.61. The molecular formula is C31H50N4O12P2. The van der Waals surface area contributed by atoms with Gasteiger partial charge in [-0.2, -0.15) is 5.26 Å². The molecule has 0 aliphatic carbocycles. The minimum Gasteiger partial charge on any atom is -0.438 e. The minimum atomic E-state index is -4.23. The smallest absolute Gasteiger partial charge is 0.358 e. The highest BCUT2D eigenvalue weighted by atomic mass is 31.2. The second-order valence-electron chi connectivity index (χ2n) is 14.2. The van der Waals surface area contributed by atoms with Crippen LogP contribution in [0.2, 0.25) is 0 Å². The number of aromatic amines is 1. The molecule has 0 amide bonds. The van der Waals surface area contributed by atoms with Crippen molar-refractivity contribution in [3.8, 4) is 6.07 Å². The first kappa shape index (κ1) is 41.1. The summed E-state index contributed by atoms with van der Waals surface area (Å²) in [6.45, 7) is 15.9. The fourth-order valence-electron chi connectivity index (χ4n) is 5.15. The predicted molar refractivity (Wildman–Crippen MR) is 179 cm³/mol. The molecule has 2 saturated heterocycles. The zero-order chi connectivity index (χ0) is 36.8. The van der Waals surface area contributed by atoms with Crippen molar-refractivity contribution in [1.82, 2.24) is 14.2 Å². The molecule has 3 rings (SSSR count). The van der Waals surface area contributed by atoms with Gasteiger partial charge in [-0.05, 0) is 53.0 Å². The van der Waals surface area contributed by atoms with E-state index in [0.29, 0.717) is 6.61 Å². The van der Waals surface area contributed by atoms with Gasteiger partial charge in [-0.25, -0.2) is 9.46 Å². The number of fused-ring (bicyclic) bond motifs is 1. The third-order valence-electron chi connectivity index (χ3n) is 7.54. The van der Waals surface area contributed by atoms with Crippen molar-refractivity contribution >= 4 is 22.1 Å². The Balaban J connectivity index is 2.10. The summed E-state index contributed by atoms with van der Waals surface area (Å²) in [5.74, 6) is 0.618. The van der Waals surface area contributed by atoms with Gasteiger partial charge in [-0.15, -0.1) is 0 Å². The van der Waals surface area contributed by atoms with Gasteiger partial charge in [-0.1, -0.05) is 20.8 Å². The van der Waals surface area contributed by atoms with Crippen LogP contribution in [0, 0.1) is 22.2 Å². The molecule has 0 saturated carbocycles. The van der Waals surface area contributed by atoms with Crippen LogP contribution in [0.1, 0.15) is 75.0 Å². The van der Waals surface area contributed by atoms with E-state index in [1.54, 1.807) is 20.8 Å². The number of nitrogens with zero attached hydrogens (tertiary/aromatic N) is 3. The maximum absolute atomic E-state index is 14.3. The number of rotatable bonds is 15. The molecule has 2 fully saturated rings. The van der Waals surface area contributed by atoms with Crippen molar-refractivity contribution in [2.24, 2.45) is 10.8 Å². The van der Waals surface area contributed by atoms with Crippen molar-refractivity contribution in [2.75, 3.05) is 33.9 Å². The van der Waals surface area contributed by atoms with Crippen molar-refractivity contribution in [3.63, 3.8) is 0 Å². The maximum Gasteiger partial charge on any atom is 0.358 e. The van der Waals surface area contributed by atoms with Crippen LogP contribution in [0.5, 0.6) is 0 Å². The fourth-order valence-corrected chi connectivity index (χ4v) is 8.10. The van der Waals surface area contributed by atoms with Crippen LogP contribution in [-0.2, 0) is 46.4 Å². The molecule has 1 N–H and O–H groups in total. The fraction of sp³-hybridized carbons (Fsp3) is 0.742. The number of carbonyl (C=O) groups is 1. The van der Waals surface area contributed by atoms with Crippen LogP contribution in [0.4, 0.5) is 0 Å². The standard InChI is InChI=1S/C31H50N4O12P2/c1-21(2)35-22(3)31(13-17-49(39,44-19-41-18-29(4,5)6)45-20-42-27(37)30(7,8)9)25(47-48(35)43-16-11-14-32)24(40-10)26(46-31)34-15-12-23(36)33-28(34)38/h12-13,15,17,21-22,24-26H,11,16,18-20H2,1-10H3,(H,33,36,38)/b17-13+/t22?,24?,25?,26-,31+,48?,49?/m1/s1. The molecule has 7 atom stereocenters. The average molecular weight is 733 g/mol. The van der Waals surface area contributed by atoms with E-state index < -0.39 is 82.4 Å². The largest absolute Gasteiger partial charge is 0.438 e. The molecule has 2 aliphatic rings. The summed E-state index contributed by atoms with van der Waals surface area (Å²) in [4.78, 5) is 39.5. The summed E-state index contributed by atoms with van der Waals surface area (Å²) in [6.07, 6.45) is -0.139. The number of esters is 1. The number of nitrogens with one attached hydrogen (secondary N) is 1. The number of hydrogen-bond donors (Lipinski definition) is 1. The molecule has 49 heavy (non-hydrogen) atoms. The van der Waals surface area contributed by atoms with Crippen LogP contribution >= 0.6 is 16.1 Å². The molecular weight excluding hydrogens is 682 g/mol. The van der Waals surface area contributed by atoms with E-state index in [2.05, 4.69) is 11.1 Å². The molecule has 16 nitrogen and oxygen atoms in total. The number of ether oxygens (including phenoxy) is 4. The van der Waals surface area contributed by atoms with Gasteiger partial charge in [0, 0.05) is 31.2 Å². The highest BCUT2D eigenvalue weighted by Crippen LogP contribution is 2.61. The van der Waals surface area contributed by atoms with Gasteiger partial charge < -0.3 is 28.0 Å². The Hall–Kier alpha value is -2.28. The quantitative estimate of drug-likeness (QED) is 0.112. The Bertz CT molecular complexity index is 1510. The van der Waals surface area contributed by atoms with Gasteiger partial charge in [0.2, 0.25) is 6.79 Å². The molecule has 5 unspecified atom stereocenters. The summed E-state index contributed by atoms with van der Waals surface area (Å²) in [6, 6.07) is 2.48. The van der Waals surface area contributed by atoms with E-state index in [1.165, 1.54) is 35.8 Å². The molecule has 0 bridgehead atoms. The van der Waals surface area contributed by atoms with Gasteiger partial charge >= 0.3 is 19.3 Å². The molecule has 0 radical (unpaired) electrons. The molecule has 3 heterocycles. The monoisotopic (exact) mass is 732 g/mol. The molecule has 276 valence electrons. The lowest BCUT2D eigenvalue weighted by molar-refractivity contribution is -0.160. The summed E-state index contributed by atoms with van der Waals surface area (Å²) < 4.78 is 64.7. The first-order valence-corrected chi connectivity index (χ1v) is 18.6. The van der Waals surface area contributed by atoms with Gasteiger partial charge in [0.15, 0.2) is 13.0 Å². The number of carbonyl (C=O) groups excluding carboxylic acids is 1. The molecule has 0 spiro atoms. The second-order valence-corrected chi connectivity index (χ2v) is 17.5. The van der Waals surface area contributed by atoms with Crippen LogP contribution in [-0.4, -0.2) is 84.0 Å². The van der Waals surface area contributed by atoms with Crippen LogP contribution in [0.15, 0.2) is 33.7 Å². The van der Waals surface area contributed by atoms with E-state index in [9.17, 15) is 18.9 Å². The molecule has 18 heteroatoms. The van der Waals surface area contributed by atoms with E-state index in [1.807, 2.05) is 46.2 Å². The first-order chi connectivity index (χ1) is 22.8. The second kappa shape index (κ2) is 16.8. The summed E-state index contributed by atoms with van der Waals surface area (Å²) in [5, 5.41) is 9.12. The number of hydrogen-bond acceptors (Lipinski definition) is 14. The predicted octanol–water partition coefficient (Wildman–Crippen LogP) is 4.78. The zero-order valence-corrected chi connectivity index (χ0v) is 31.7. The Morgan fingerprint density at radius 2 is 1.88 bits per heavy atom. The molecule has 1 aromatic rings. The van der Waals surface area contributed by atoms with Gasteiger partial charge in [0.25, 0.3) is 14.1 Å². The number of methoxy groups -OCH3 is 1. The normalized spacial score (nSPS) is 27.6. The number of aromatic nitrogens is 2. The zero-order valence-electron chi connectivity index (χ0n) is 29.9. The topological polar surface area (TPSA) is 190 Å². The van der Waals surface area contributed by atoms with Gasteiger partial charge in [-0.3, -0.25) is 32.8 Å². The molecule has 0 aromatic carbocycles. The Morgan fingerprint density at radius 1 is 1.20 bits per heavy atom. The average Bonchev–Trinajstić information content (AvgIpc) is 3.32. The van der Waals surface area contributed by atoms with Crippen molar-refractivity contribution < 1.29 is 46.4 Å². The van der Waals surface area contributed by atoms with Gasteiger partial charge in [0.05, 0.1) is 37.2 Å². The lowest BCUT2D eigenvalue weighted by Gasteiger charge is -2.51. The summed E-state index contributed by atoms with van der Waals surface area (Å²) in [5.41, 5.74) is -3.87. The molecule has 1 aromatic heterocycles. The number of H-pyrrole nitrogens is 1.